The minimum absolute atomic E-state index is 0.0167. The van der Waals surface area contributed by atoms with Crippen LogP contribution in [0.25, 0.3) is 11.1 Å². The highest BCUT2D eigenvalue weighted by atomic mass is 35.5. The van der Waals surface area contributed by atoms with Crippen molar-refractivity contribution in [1.82, 2.24) is 4.98 Å². The van der Waals surface area contributed by atoms with Crippen molar-refractivity contribution >= 4 is 35.1 Å². The molecule has 0 bridgehead atoms. The van der Waals surface area contributed by atoms with Crippen LogP contribution in [0.15, 0.2) is 58.5 Å². The molecule has 0 aliphatic carbocycles. The van der Waals surface area contributed by atoms with Gasteiger partial charge in [-0.2, -0.15) is 10.5 Å². The normalized spacial score (nSPS) is 10.1. The van der Waals surface area contributed by atoms with Gasteiger partial charge in [-0.05, 0) is 35.9 Å². The number of hydrogen-bond acceptors (Lipinski definition) is 7. The second-order valence-electron chi connectivity index (χ2n) is 5.78. The molecule has 2 aromatic carbocycles. The number of hydrogen-bond donors (Lipinski definition) is 1. The first-order valence-corrected chi connectivity index (χ1v) is 9.43. The van der Waals surface area contributed by atoms with E-state index in [0.717, 1.165) is 4.90 Å². The summed E-state index contributed by atoms with van der Waals surface area (Å²) in [4.78, 5) is 16.7. The number of nitrogens with zero attached hydrogens (tertiary/aromatic N) is 3. The van der Waals surface area contributed by atoms with Crippen molar-refractivity contribution < 1.29 is 9.53 Å². The first kappa shape index (κ1) is 20.2. The molecule has 29 heavy (non-hydrogen) atoms. The second-order valence-corrected chi connectivity index (χ2v) is 7.28. The molecule has 0 atom stereocenters. The topological polar surface area (TPSA) is 113 Å². The maximum atomic E-state index is 11.7. The van der Waals surface area contributed by atoms with Gasteiger partial charge in [-0.15, -0.1) is 0 Å². The Morgan fingerprint density at radius 3 is 2.41 bits per heavy atom. The Kier molecular flexibility index (Phi) is 6.04. The molecular formula is C21H13ClN4O2S. The summed E-state index contributed by atoms with van der Waals surface area (Å²) in [5.41, 5.74) is 7.61. The van der Waals surface area contributed by atoms with Gasteiger partial charge >= 0.3 is 5.97 Å². The lowest BCUT2D eigenvalue weighted by Crippen LogP contribution is -2.04. The molecule has 3 aromatic rings. The zero-order valence-corrected chi connectivity index (χ0v) is 16.7. The zero-order valence-electron chi connectivity index (χ0n) is 15.1. The zero-order chi connectivity index (χ0) is 21.0. The lowest BCUT2D eigenvalue weighted by atomic mass is 9.96. The van der Waals surface area contributed by atoms with Crippen LogP contribution in [0.4, 0.5) is 5.82 Å². The lowest BCUT2D eigenvalue weighted by molar-refractivity contribution is 0.0601. The highest BCUT2D eigenvalue weighted by molar-refractivity contribution is 7.99. The number of carbonyl (C=O) groups is 1. The Morgan fingerprint density at radius 2 is 1.83 bits per heavy atom. The minimum Gasteiger partial charge on any atom is -0.465 e. The highest BCUT2D eigenvalue weighted by Crippen LogP contribution is 2.38. The van der Waals surface area contributed by atoms with Crippen molar-refractivity contribution in [3.63, 3.8) is 0 Å². The Bertz CT molecular complexity index is 1180. The van der Waals surface area contributed by atoms with Crippen molar-refractivity contribution in [1.29, 1.82) is 10.5 Å². The molecule has 0 radical (unpaired) electrons. The average Bonchev–Trinajstić information content (AvgIpc) is 2.73. The van der Waals surface area contributed by atoms with E-state index in [-0.39, 0.29) is 16.9 Å². The molecule has 8 heteroatoms. The summed E-state index contributed by atoms with van der Waals surface area (Å²) in [5.74, 6) is -0.466. The molecule has 1 heterocycles. The smallest absolute Gasteiger partial charge is 0.337 e. The molecule has 0 unspecified atom stereocenters. The van der Waals surface area contributed by atoms with E-state index in [2.05, 4.69) is 11.1 Å². The summed E-state index contributed by atoms with van der Waals surface area (Å²) in [6, 6.07) is 17.7. The standard InChI is InChI=1S/C21H13ClN4O2S/c1-28-21(27)13-7-5-12(6-8-13)18-16(10-23)19(25)26-20(17(18)11-24)29-15-4-2-3-14(22)9-15/h2-9H,1H3,(H2,25,26). The largest absolute Gasteiger partial charge is 0.465 e. The number of carbonyl (C=O) groups excluding carboxylic acids is 1. The maximum absolute atomic E-state index is 11.7. The van der Waals surface area contributed by atoms with Crippen LogP contribution in [0.3, 0.4) is 0 Å². The number of halogens is 1. The summed E-state index contributed by atoms with van der Waals surface area (Å²) in [6.45, 7) is 0. The van der Waals surface area contributed by atoms with Crippen LogP contribution in [-0.4, -0.2) is 18.1 Å². The first-order chi connectivity index (χ1) is 14.0. The van der Waals surface area contributed by atoms with Gasteiger partial charge in [0.1, 0.15) is 28.5 Å². The van der Waals surface area contributed by atoms with Crippen molar-refractivity contribution in [2.24, 2.45) is 0 Å². The Balaban J connectivity index is 2.17. The molecule has 0 fully saturated rings. The fourth-order valence-corrected chi connectivity index (χ4v) is 3.90. The molecule has 3 rings (SSSR count). The maximum Gasteiger partial charge on any atom is 0.337 e. The Hall–Kier alpha value is -3.52. The number of anilines is 1. The summed E-state index contributed by atoms with van der Waals surface area (Å²) in [6.07, 6.45) is 0. The fraction of sp³-hybridized carbons (Fsp3) is 0.0476. The predicted molar refractivity (Wildman–Crippen MR) is 110 cm³/mol. The first-order valence-electron chi connectivity index (χ1n) is 8.24. The number of esters is 1. The average molecular weight is 421 g/mol. The van der Waals surface area contributed by atoms with Crippen molar-refractivity contribution in [2.75, 3.05) is 12.8 Å². The van der Waals surface area contributed by atoms with E-state index >= 15 is 0 Å². The van der Waals surface area contributed by atoms with Crippen LogP contribution >= 0.6 is 23.4 Å². The minimum atomic E-state index is -0.482. The number of rotatable bonds is 4. The van der Waals surface area contributed by atoms with E-state index in [9.17, 15) is 15.3 Å². The summed E-state index contributed by atoms with van der Waals surface area (Å²) in [5, 5.41) is 20.3. The summed E-state index contributed by atoms with van der Waals surface area (Å²) < 4.78 is 4.70. The third-order valence-electron chi connectivity index (χ3n) is 4.02. The van der Waals surface area contributed by atoms with Gasteiger partial charge in [0.15, 0.2) is 0 Å². The van der Waals surface area contributed by atoms with Gasteiger partial charge in [0, 0.05) is 15.5 Å². The third kappa shape index (κ3) is 4.17. The molecule has 0 spiro atoms. The van der Waals surface area contributed by atoms with Crippen LogP contribution in [0, 0.1) is 22.7 Å². The SMILES string of the molecule is COC(=O)c1ccc(-c2c(C#N)c(N)nc(Sc3cccc(Cl)c3)c2C#N)cc1. The van der Waals surface area contributed by atoms with Gasteiger partial charge < -0.3 is 10.5 Å². The molecule has 0 saturated carbocycles. The van der Waals surface area contributed by atoms with Gasteiger partial charge in [-0.25, -0.2) is 9.78 Å². The molecule has 0 aliphatic heterocycles. The van der Waals surface area contributed by atoms with Crippen molar-refractivity contribution in [2.45, 2.75) is 9.92 Å². The van der Waals surface area contributed by atoms with E-state index < -0.39 is 5.97 Å². The third-order valence-corrected chi connectivity index (χ3v) is 5.23. The van der Waals surface area contributed by atoms with Crippen molar-refractivity contribution in [3.8, 4) is 23.3 Å². The van der Waals surface area contributed by atoms with Crippen molar-refractivity contribution in [3.05, 3.63) is 70.2 Å². The Morgan fingerprint density at radius 1 is 1.14 bits per heavy atom. The van der Waals surface area contributed by atoms with Crippen LogP contribution in [0.2, 0.25) is 5.02 Å². The van der Waals surface area contributed by atoms with Crippen LogP contribution in [0.1, 0.15) is 21.5 Å². The lowest BCUT2D eigenvalue weighted by Gasteiger charge is -2.13. The van der Waals surface area contributed by atoms with E-state index in [1.165, 1.54) is 18.9 Å². The van der Waals surface area contributed by atoms with Gasteiger partial charge in [0.05, 0.1) is 18.2 Å². The molecule has 0 amide bonds. The number of ether oxygens (including phenoxy) is 1. The number of nitrogen functional groups attached to an aromatic ring is 1. The van der Waals surface area contributed by atoms with E-state index in [0.29, 0.717) is 26.7 Å². The quantitative estimate of drug-likeness (QED) is 0.610. The summed E-state index contributed by atoms with van der Waals surface area (Å²) >= 11 is 7.26. The van der Waals surface area contributed by atoms with Gasteiger partial charge in [-0.3, -0.25) is 0 Å². The fourth-order valence-electron chi connectivity index (χ4n) is 2.69. The number of nitrogens with two attached hydrogens (primary N) is 1. The van der Waals surface area contributed by atoms with Crippen LogP contribution in [-0.2, 0) is 4.74 Å². The number of nitriles is 2. The molecule has 0 saturated heterocycles. The molecule has 0 aliphatic rings. The Labute approximate surface area is 176 Å². The monoisotopic (exact) mass is 420 g/mol. The van der Waals surface area contributed by atoms with Gasteiger partial charge in [0.25, 0.3) is 0 Å². The predicted octanol–water partition coefficient (Wildman–Crippen LogP) is 4.67. The number of methoxy groups -OCH3 is 1. The van der Waals surface area contributed by atoms with Gasteiger partial charge in [-0.1, -0.05) is 41.6 Å². The number of benzene rings is 2. The van der Waals surface area contributed by atoms with E-state index in [1.807, 2.05) is 12.1 Å². The summed E-state index contributed by atoms with van der Waals surface area (Å²) in [7, 11) is 1.29. The molecule has 6 nitrogen and oxygen atoms in total. The molecular weight excluding hydrogens is 408 g/mol. The van der Waals surface area contributed by atoms with E-state index in [4.69, 9.17) is 22.1 Å². The molecule has 1 aromatic heterocycles. The van der Waals surface area contributed by atoms with Gasteiger partial charge in [0.2, 0.25) is 0 Å². The molecule has 142 valence electrons. The van der Waals surface area contributed by atoms with Crippen LogP contribution < -0.4 is 5.73 Å². The van der Waals surface area contributed by atoms with E-state index in [1.54, 1.807) is 42.5 Å². The number of pyridine rings is 1. The molecule has 2 N–H and O–H groups in total. The second kappa shape index (κ2) is 8.66. The van der Waals surface area contributed by atoms with Crippen LogP contribution in [0.5, 0.6) is 0 Å². The highest BCUT2D eigenvalue weighted by Gasteiger charge is 2.21. The number of aromatic nitrogens is 1.